The Labute approximate surface area is 91.5 Å². The van der Waals surface area contributed by atoms with Crippen molar-refractivity contribution < 1.29 is 0 Å². The van der Waals surface area contributed by atoms with Crippen molar-refractivity contribution in [3.05, 3.63) is 46.8 Å². The van der Waals surface area contributed by atoms with Crippen molar-refractivity contribution in [2.75, 3.05) is 10.7 Å². The zero-order chi connectivity index (χ0) is 11.5. The molecule has 1 aromatic carbocycles. The van der Waals surface area contributed by atoms with Gasteiger partial charge in [-0.25, -0.2) is 5.84 Å². The Kier molecular flexibility index (Phi) is 2.57. The van der Waals surface area contributed by atoms with Crippen molar-refractivity contribution in [3.8, 4) is 0 Å². The van der Waals surface area contributed by atoms with Crippen LogP contribution in [0.4, 0.5) is 17.5 Å². The summed E-state index contributed by atoms with van der Waals surface area (Å²) < 4.78 is 0. The van der Waals surface area contributed by atoms with Gasteiger partial charge in [-0.3, -0.25) is 14.8 Å². The maximum Gasteiger partial charge on any atom is 0.254 e. The number of hydrogen-bond donors (Lipinski definition) is 3. The Morgan fingerprint density at radius 1 is 1.25 bits per heavy atom. The van der Waals surface area contributed by atoms with Crippen LogP contribution in [0.2, 0.25) is 0 Å². The van der Waals surface area contributed by atoms with E-state index in [2.05, 4.69) is 9.97 Å². The molecule has 6 heteroatoms. The third kappa shape index (κ3) is 2.01. The topological polar surface area (TPSA) is 101 Å². The number of nitrogens with one attached hydrogen (secondary N) is 1. The average molecular weight is 217 g/mol. The lowest BCUT2D eigenvalue weighted by Gasteiger charge is -2.16. The van der Waals surface area contributed by atoms with Crippen LogP contribution in [0, 0.1) is 0 Å². The number of aromatic amines is 1. The van der Waals surface area contributed by atoms with Crippen LogP contribution in [-0.2, 0) is 0 Å². The van der Waals surface area contributed by atoms with Gasteiger partial charge >= 0.3 is 0 Å². The molecule has 0 atom stereocenters. The molecule has 0 amide bonds. The number of nitrogens with two attached hydrogens (primary N) is 2. The van der Waals surface area contributed by atoms with E-state index < -0.39 is 0 Å². The molecule has 2 aromatic rings. The van der Waals surface area contributed by atoms with E-state index in [1.807, 2.05) is 18.2 Å². The quantitative estimate of drug-likeness (QED) is 0.498. The van der Waals surface area contributed by atoms with Gasteiger partial charge in [-0.2, -0.15) is 4.98 Å². The molecule has 0 spiro atoms. The van der Waals surface area contributed by atoms with Crippen molar-refractivity contribution >= 4 is 17.5 Å². The number of para-hydroxylation sites is 1. The van der Waals surface area contributed by atoms with Crippen molar-refractivity contribution in [1.82, 2.24) is 9.97 Å². The molecular formula is C10H11N5O. The second kappa shape index (κ2) is 4.03. The molecule has 0 bridgehead atoms. The molecule has 82 valence electrons. The van der Waals surface area contributed by atoms with Crippen molar-refractivity contribution in [3.63, 3.8) is 0 Å². The Hall–Kier alpha value is -2.34. The Balaban J connectivity index is 2.41. The van der Waals surface area contributed by atoms with Crippen LogP contribution in [0.3, 0.4) is 0 Å². The summed E-state index contributed by atoms with van der Waals surface area (Å²) in [5, 5.41) is 1.30. The molecule has 1 heterocycles. The molecule has 0 aliphatic heterocycles. The Morgan fingerprint density at radius 2 is 1.94 bits per heavy atom. The van der Waals surface area contributed by atoms with Crippen molar-refractivity contribution in [1.29, 1.82) is 0 Å². The molecule has 0 unspecified atom stereocenters. The molecule has 0 saturated carbocycles. The lowest BCUT2D eigenvalue weighted by Crippen LogP contribution is -2.28. The number of nitrogen functional groups attached to an aromatic ring is 1. The van der Waals surface area contributed by atoms with E-state index in [-0.39, 0.29) is 11.5 Å². The predicted octanol–water partition coefficient (Wildman–Crippen LogP) is 0.364. The first kappa shape index (κ1) is 10.2. The fraction of sp³-hybridized carbons (Fsp3) is 0. The number of hydrazine groups is 1. The highest BCUT2D eigenvalue weighted by atomic mass is 16.1. The first-order valence-corrected chi connectivity index (χ1v) is 4.63. The molecule has 2 rings (SSSR count). The number of rotatable bonds is 2. The van der Waals surface area contributed by atoms with Crippen LogP contribution in [0.25, 0.3) is 0 Å². The number of H-pyrrole nitrogens is 1. The molecule has 6 nitrogen and oxygen atoms in total. The summed E-state index contributed by atoms with van der Waals surface area (Å²) >= 11 is 0. The standard InChI is InChI=1S/C10H11N5O/c11-10-13-8(6-9(16)14-10)15(12)7-4-2-1-3-5-7/h1-6H,12H2,(H3,11,13,14,16). The third-order valence-electron chi connectivity index (χ3n) is 2.03. The van der Waals surface area contributed by atoms with E-state index in [9.17, 15) is 4.79 Å². The molecule has 0 fully saturated rings. The smallest absolute Gasteiger partial charge is 0.254 e. The van der Waals surface area contributed by atoms with Crippen LogP contribution < -0.4 is 22.1 Å². The summed E-state index contributed by atoms with van der Waals surface area (Å²) in [5.41, 5.74) is 5.81. The average Bonchev–Trinajstić information content (AvgIpc) is 2.28. The minimum absolute atomic E-state index is 0.0360. The first-order chi connectivity index (χ1) is 7.66. The minimum atomic E-state index is -0.339. The summed E-state index contributed by atoms with van der Waals surface area (Å²) in [5.74, 6) is 6.15. The van der Waals surface area contributed by atoms with Gasteiger partial charge in [-0.05, 0) is 12.1 Å². The van der Waals surface area contributed by atoms with Gasteiger partial charge in [0.1, 0.15) is 0 Å². The number of benzene rings is 1. The van der Waals surface area contributed by atoms with Gasteiger partial charge in [0.15, 0.2) is 5.82 Å². The normalized spacial score (nSPS) is 10.1. The molecule has 0 radical (unpaired) electrons. The first-order valence-electron chi connectivity index (χ1n) is 4.63. The van der Waals surface area contributed by atoms with Gasteiger partial charge in [-0.1, -0.05) is 18.2 Å². The fourth-order valence-corrected chi connectivity index (χ4v) is 1.31. The predicted molar refractivity (Wildman–Crippen MR) is 62.0 cm³/mol. The maximum atomic E-state index is 11.2. The Bertz CT molecular complexity index is 536. The highest BCUT2D eigenvalue weighted by Gasteiger charge is 2.07. The highest BCUT2D eigenvalue weighted by molar-refractivity contribution is 5.58. The van der Waals surface area contributed by atoms with E-state index >= 15 is 0 Å². The minimum Gasteiger partial charge on any atom is -0.369 e. The number of hydrogen-bond acceptors (Lipinski definition) is 5. The second-order valence-corrected chi connectivity index (χ2v) is 3.19. The van der Waals surface area contributed by atoms with E-state index in [0.717, 1.165) is 5.69 Å². The Morgan fingerprint density at radius 3 is 2.56 bits per heavy atom. The van der Waals surface area contributed by atoms with Crippen LogP contribution >= 0.6 is 0 Å². The zero-order valence-corrected chi connectivity index (χ0v) is 8.42. The second-order valence-electron chi connectivity index (χ2n) is 3.19. The van der Waals surface area contributed by atoms with Crippen molar-refractivity contribution in [2.45, 2.75) is 0 Å². The summed E-state index contributed by atoms with van der Waals surface area (Å²) in [6.07, 6.45) is 0. The molecular weight excluding hydrogens is 206 g/mol. The number of nitrogens with zero attached hydrogens (tertiary/aromatic N) is 2. The highest BCUT2D eigenvalue weighted by Crippen LogP contribution is 2.17. The molecule has 0 aliphatic rings. The van der Waals surface area contributed by atoms with E-state index in [1.54, 1.807) is 12.1 Å². The van der Waals surface area contributed by atoms with Gasteiger partial charge < -0.3 is 5.73 Å². The van der Waals surface area contributed by atoms with Gasteiger partial charge in [0.05, 0.1) is 5.69 Å². The lowest BCUT2D eigenvalue weighted by molar-refractivity contribution is 1.01. The molecule has 1 aromatic heterocycles. The SMILES string of the molecule is Nc1nc(N(N)c2ccccc2)cc(=O)[nH]1. The molecule has 0 saturated heterocycles. The number of anilines is 3. The monoisotopic (exact) mass is 217 g/mol. The van der Waals surface area contributed by atoms with Crippen LogP contribution in [0.15, 0.2) is 41.2 Å². The van der Waals surface area contributed by atoms with Crippen LogP contribution in [-0.4, -0.2) is 9.97 Å². The summed E-state index contributed by atoms with van der Waals surface area (Å²) in [7, 11) is 0. The summed E-state index contributed by atoms with van der Waals surface area (Å²) in [6.45, 7) is 0. The van der Waals surface area contributed by atoms with Gasteiger partial charge in [0, 0.05) is 6.07 Å². The summed E-state index contributed by atoms with van der Waals surface area (Å²) in [4.78, 5) is 17.5. The van der Waals surface area contributed by atoms with E-state index in [1.165, 1.54) is 11.1 Å². The molecule has 16 heavy (non-hydrogen) atoms. The fourth-order valence-electron chi connectivity index (χ4n) is 1.31. The maximum absolute atomic E-state index is 11.2. The summed E-state index contributed by atoms with van der Waals surface area (Å²) in [6, 6.07) is 10.4. The zero-order valence-electron chi connectivity index (χ0n) is 8.42. The number of aromatic nitrogens is 2. The van der Waals surface area contributed by atoms with E-state index in [4.69, 9.17) is 11.6 Å². The van der Waals surface area contributed by atoms with Gasteiger partial charge in [0.25, 0.3) is 5.56 Å². The van der Waals surface area contributed by atoms with Crippen LogP contribution in [0.1, 0.15) is 0 Å². The van der Waals surface area contributed by atoms with Crippen molar-refractivity contribution in [2.24, 2.45) is 5.84 Å². The third-order valence-corrected chi connectivity index (χ3v) is 2.03. The molecule has 0 aliphatic carbocycles. The van der Waals surface area contributed by atoms with E-state index in [0.29, 0.717) is 5.82 Å². The largest absolute Gasteiger partial charge is 0.369 e. The van der Waals surface area contributed by atoms with Gasteiger partial charge in [0.2, 0.25) is 5.95 Å². The lowest BCUT2D eigenvalue weighted by atomic mass is 10.3. The van der Waals surface area contributed by atoms with Crippen LogP contribution in [0.5, 0.6) is 0 Å². The van der Waals surface area contributed by atoms with Gasteiger partial charge in [-0.15, -0.1) is 0 Å². The molecule has 5 N–H and O–H groups in total.